The first-order valence-corrected chi connectivity index (χ1v) is 14.4. The van der Waals surface area contributed by atoms with E-state index in [4.69, 9.17) is 0 Å². The van der Waals surface area contributed by atoms with E-state index in [9.17, 15) is 28.8 Å². The highest BCUT2D eigenvalue weighted by Crippen LogP contribution is 2.65. The molecule has 0 aromatic carbocycles. The highest BCUT2D eigenvalue weighted by atomic mass is 19.1. The van der Waals surface area contributed by atoms with Gasteiger partial charge in [0.2, 0.25) is 23.6 Å². The summed E-state index contributed by atoms with van der Waals surface area (Å²) in [5.41, 5.74) is -0.352. The molecule has 2 saturated heterocycles. The van der Waals surface area contributed by atoms with Gasteiger partial charge in [0.15, 0.2) is 0 Å². The summed E-state index contributed by atoms with van der Waals surface area (Å²) in [7, 11) is 0. The van der Waals surface area contributed by atoms with Gasteiger partial charge in [0.25, 0.3) is 0 Å². The Balaban J connectivity index is 1.30. The van der Waals surface area contributed by atoms with Gasteiger partial charge in [0, 0.05) is 31.1 Å². The first-order valence-electron chi connectivity index (χ1n) is 14.4. The lowest BCUT2D eigenvalue weighted by molar-refractivity contribution is -0.145. The molecule has 3 N–H and O–H groups in total. The minimum atomic E-state index is -0.900. The molecular weight excluding hydrogens is 527 g/mol. The molecule has 4 amide bonds. The van der Waals surface area contributed by atoms with E-state index in [1.165, 1.54) is 6.20 Å². The third-order valence-corrected chi connectivity index (χ3v) is 9.65. The molecule has 8 unspecified atom stereocenters. The van der Waals surface area contributed by atoms with Crippen LogP contribution in [0.2, 0.25) is 0 Å². The van der Waals surface area contributed by atoms with Crippen LogP contribution in [0.3, 0.4) is 0 Å². The molecule has 2 saturated carbocycles. The fourth-order valence-electron chi connectivity index (χ4n) is 6.95. The van der Waals surface area contributed by atoms with Crippen molar-refractivity contribution in [3.63, 3.8) is 0 Å². The van der Waals surface area contributed by atoms with Crippen LogP contribution in [-0.4, -0.2) is 64.7 Å². The molecule has 2 aliphatic heterocycles. The van der Waals surface area contributed by atoms with Crippen LogP contribution in [-0.2, 0) is 19.2 Å². The molecule has 4 fully saturated rings. The zero-order valence-corrected chi connectivity index (χ0v) is 24.2. The Morgan fingerprint density at radius 3 is 2.61 bits per heavy atom. The third-order valence-electron chi connectivity index (χ3n) is 9.65. The average Bonchev–Trinajstić information content (AvgIpc) is 3.65. The summed E-state index contributed by atoms with van der Waals surface area (Å²) >= 11 is 0. The number of amides is 4. The van der Waals surface area contributed by atoms with E-state index in [1.807, 2.05) is 20.8 Å². The summed E-state index contributed by atoms with van der Waals surface area (Å²) in [4.78, 5) is 58.4. The maximum Gasteiger partial charge on any atom is 0.246 e. The van der Waals surface area contributed by atoms with Gasteiger partial charge in [-0.05, 0) is 59.5 Å². The number of pyridine rings is 1. The molecule has 0 spiro atoms. The van der Waals surface area contributed by atoms with Gasteiger partial charge >= 0.3 is 0 Å². The fourth-order valence-corrected chi connectivity index (χ4v) is 6.95. The predicted molar refractivity (Wildman–Crippen MR) is 146 cm³/mol. The Morgan fingerprint density at radius 2 is 2.00 bits per heavy atom. The van der Waals surface area contributed by atoms with Crippen LogP contribution in [0.4, 0.5) is 4.39 Å². The zero-order valence-electron chi connectivity index (χ0n) is 24.2. The second-order valence-electron chi connectivity index (χ2n) is 13.7. The quantitative estimate of drug-likeness (QED) is 0.438. The largest absolute Gasteiger partial charge is 0.356 e. The number of nitriles is 1. The first kappa shape index (κ1) is 29.0. The Morgan fingerprint density at radius 1 is 1.27 bits per heavy atom. The number of hydrogen-bond acceptors (Lipinski definition) is 6. The van der Waals surface area contributed by atoms with E-state index in [0.29, 0.717) is 31.5 Å². The van der Waals surface area contributed by atoms with Gasteiger partial charge in [0.1, 0.15) is 23.9 Å². The Bertz CT molecular complexity index is 1300. The summed E-state index contributed by atoms with van der Waals surface area (Å²) in [5.74, 6) is -2.62. The lowest BCUT2D eigenvalue weighted by Gasteiger charge is -2.38. The molecule has 2 aliphatic carbocycles. The highest BCUT2D eigenvalue weighted by molar-refractivity contribution is 5.95. The summed E-state index contributed by atoms with van der Waals surface area (Å²) < 4.78 is 14.2. The van der Waals surface area contributed by atoms with Crippen LogP contribution >= 0.6 is 0 Å². The summed E-state index contributed by atoms with van der Waals surface area (Å²) in [6.45, 7) is 10.7. The van der Waals surface area contributed by atoms with E-state index in [2.05, 4.69) is 40.9 Å². The van der Waals surface area contributed by atoms with Crippen LogP contribution in [0.25, 0.3) is 0 Å². The average molecular weight is 567 g/mol. The number of carbonyl (C=O) groups excluding carboxylic acids is 4. The van der Waals surface area contributed by atoms with Gasteiger partial charge < -0.3 is 20.9 Å². The molecule has 1 aromatic heterocycles. The molecule has 11 heteroatoms. The van der Waals surface area contributed by atoms with Crippen molar-refractivity contribution in [1.82, 2.24) is 25.8 Å². The van der Waals surface area contributed by atoms with Crippen LogP contribution in [0.5, 0.6) is 0 Å². The summed E-state index contributed by atoms with van der Waals surface area (Å²) in [6.07, 6.45) is 3.95. The first-order chi connectivity index (χ1) is 19.3. The predicted octanol–water partition coefficient (Wildman–Crippen LogP) is 1.87. The van der Waals surface area contributed by atoms with Gasteiger partial charge in [-0.2, -0.15) is 5.26 Å². The fraction of sp³-hybridized carbons (Fsp3) is 0.667. The Labute approximate surface area is 239 Å². The zero-order chi connectivity index (χ0) is 29.9. The van der Waals surface area contributed by atoms with Gasteiger partial charge in [-0.1, -0.05) is 34.6 Å². The maximum absolute atomic E-state index is 14.2. The van der Waals surface area contributed by atoms with Crippen molar-refractivity contribution < 1.29 is 23.6 Å². The van der Waals surface area contributed by atoms with E-state index in [1.54, 1.807) is 11.0 Å². The standard InChI is InChI=1S/C30H39FN6O4/c1-29(2,3)24(36-26(39)19-11-18(19)17-7-8-33-13-21(17)31)28(41)37-14-20-22(30(20,4)5)23(37)27(40)35-16(12-32)10-15-6-9-34-25(15)38/h7-8,13,15-16,18-20,22-24H,6,9-11,14H2,1-5H3,(H,34,38)(H,35,40)(H,36,39). The van der Waals surface area contributed by atoms with Crippen LogP contribution in [0.15, 0.2) is 18.5 Å². The van der Waals surface area contributed by atoms with Crippen LogP contribution in [0.1, 0.15) is 65.4 Å². The number of nitrogens with one attached hydrogen (secondary N) is 3. The molecular formula is C30H39FN6O4. The molecule has 220 valence electrons. The van der Waals surface area contributed by atoms with E-state index >= 15 is 0 Å². The van der Waals surface area contributed by atoms with Crippen molar-refractivity contribution in [2.75, 3.05) is 13.1 Å². The van der Waals surface area contributed by atoms with Crippen molar-refractivity contribution in [2.45, 2.75) is 77.9 Å². The molecule has 10 nitrogen and oxygen atoms in total. The van der Waals surface area contributed by atoms with E-state index in [0.717, 1.165) is 6.20 Å². The topological polar surface area (TPSA) is 144 Å². The lowest BCUT2D eigenvalue weighted by Crippen LogP contribution is -2.60. The van der Waals surface area contributed by atoms with E-state index < -0.39 is 41.2 Å². The molecule has 0 bridgehead atoms. The number of likely N-dealkylation sites (tertiary alicyclic amines) is 1. The molecule has 4 aliphatic rings. The van der Waals surface area contributed by atoms with E-state index in [-0.39, 0.29) is 53.2 Å². The van der Waals surface area contributed by atoms with Gasteiger partial charge in [-0.15, -0.1) is 0 Å². The summed E-state index contributed by atoms with van der Waals surface area (Å²) in [6, 6.07) is 1.15. The number of hydrogen-bond donors (Lipinski definition) is 3. The smallest absolute Gasteiger partial charge is 0.246 e. The van der Waals surface area contributed by atoms with Crippen LogP contribution < -0.4 is 16.0 Å². The maximum atomic E-state index is 14.2. The minimum absolute atomic E-state index is 0.0700. The van der Waals surface area contributed by atoms with Crippen molar-refractivity contribution in [3.05, 3.63) is 29.8 Å². The SMILES string of the molecule is CC(C)(C)C(NC(=O)C1CC1c1ccncc1F)C(=O)N1CC2C(C1C(=O)NC(C#N)CC1CCNC1=O)C2(C)C. The summed E-state index contributed by atoms with van der Waals surface area (Å²) in [5, 5.41) is 18.2. The number of halogens is 1. The number of aromatic nitrogens is 1. The normalized spacial score (nSPS) is 30.9. The molecule has 8 atom stereocenters. The second-order valence-corrected chi connectivity index (χ2v) is 13.7. The Hall–Kier alpha value is -3.55. The van der Waals surface area contributed by atoms with Crippen molar-refractivity contribution >= 4 is 23.6 Å². The number of fused-ring (bicyclic) bond motifs is 1. The second kappa shape index (κ2) is 10.4. The van der Waals surface area contributed by atoms with Crippen LogP contribution in [0, 0.1) is 51.6 Å². The van der Waals surface area contributed by atoms with Crippen molar-refractivity contribution in [3.8, 4) is 6.07 Å². The number of rotatable bonds is 8. The minimum Gasteiger partial charge on any atom is -0.356 e. The molecule has 41 heavy (non-hydrogen) atoms. The van der Waals surface area contributed by atoms with Crippen molar-refractivity contribution in [1.29, 1.82) is 5.26 Å². The van der Waals surface area contributed by atoms with Gasteiger partial charge in [-0.25, -0.2) is 4.39 Å². The van der Waals surface area contributed by atoms with Crippen molar-refractivity contribution in [2.24, 2.45) is 34.5 Å². The van der Waals surface area contributed by atoms with Gasteiger partial charge in [0.05, 0.1) is 12.3 Å². The molecule has 0 radical (unpaired) electrons. The molecule has 1 aromatic rings. The van der Waals surface area contributed by atoms with Gasteiger partial charge in [-0.3, -0.25) is 24.2 Å². The number of carbonyl (C=O) groups is 4. The number of nitrogens with zero attached hydrogens (tertiary/aromatic N) is 3. The molecule has 5 rings (SSSR count). The lowest BCUT2D eigenvalue weighted by atomic mass is 9.85. The third kappa shape index (κ3) is 5.41. The Kier molecular flexibility index (Phi) is 7.33. The number of piperidine rings is 1. The highest BCUT2D eigenvalue weighted by Gasteiger charge is 2.70. The molecule has 3 heterocycles. The monoisotopic (exact) mass is 566 g/mol.